The highest BCUT2D eigenvalue weighted by molar-refractivity contribution is 5.76. The van der Waals surface area contributed by atoms with Crippen molar-refractivity contribution in [3.63, 3.8) is 0 Å². The number of methoxy groups -OCH3 is 1. The van der Waals surface area contributed by atoms with Crippen molar-refractivity contribution in [3.8, 4) is 0 Å². The molecule has 1 rings (SSSR count). The largest absolute Gasteiger partial charge is 0.528 e. The van der Waals surface area contributed by atoms with E-state index in [4.69, 9.17) is 0 Å². The molecule has 1 aliphatic rings. The van der Waals surface area contributed by atoms with Gasteiger partial charge < -0.3 is 14.3 Å². The van der Waals surface area contributed by atoms with Gasteiger partial charge in [0.05, 0.1) is 13.7 Å². The van der Waals surface area contributed by atoms with E-state index in [0.29, 0.717) is 0 Å². The molecule has 0 aliphatic carbocycles. The average molecular weight is 325 g/mol. The van der Waals surface area contributed by atoms with E-state index in [-0.39, 0.29) is 0 Å². The maximum absolute atomic E-state index is 12.5. The summed E-state index contributed by atoms with van der Waals surface area (Å²) < 4.78 is 83.1. The molecule has 0 aromatic carbocycles. The molecule has 0 bridgehead atoms. The fourth-order valence-electron chi connectivity index (χ4n) is 1.38. The van der Waals surface area contributed by atoms with Crippen molar-refractivity contribution in [3.05, 3.63) is 0 Å². The predicted octanol–water partition coefficient (Wildman–Crippen LogP) is 1.80. The minimum absolute atomic E-state index is 0.612. The SMILES string of the molecule is COC(=O)C(C)OC(=O)ON1CC1(C(F)(F)F)C(F)(F)F. The number of hydroxylamine groups is 2. The molecule has 0 N–H and O–H groups in total. The Morgan fingerprint density at radius 3 is 1.95 bits per heavy atom. The summed E-state index contributed by atoms with van der Waals surface area (Å²) in [6.45, 7) is -0.613. The molecule has 122 valence electrons. The number of alkyl halides is 6. The van der Waals surface area contributed by atoms with E-state index in [1.54, 1.807) is 0 Å². The fraction of sp³-hybridized carbons (Fsp3) is 0.778. The Hall–Kier alpha value is -1.72. The molecule has 0 radical (unpaired) electrons. The molecular weight excluding hydrogens is 316 g/mol. The topological polar surface area (TPSA) is 64.8 Å². The number of carbonyl (C=O) groups is 2. The van der Waals surface area contributed by atoms with Crippen LogP contribution in [-0.2, 0) is 19.1 Å². The summed E-state index contributed by atoms with van der Waals surface area (Å²) in [6.07, 6.45) is -14.8. The normalized spacial score (nSPS) is 22.2. The zero-order chi connectivity index (χ0) is 16.6. The summed E-state index contributed by atoms with van der Waals surface area (Å²) in [5.74, 6) is -1.06. The Labute approximate surface area is 113 Å². The molecule has 0 amide bonds. The van der Waals surface area contributed by atoms with Crippen LogP contribution in [0.15, 0.2) is 0 Å². The van der Waals surface area contributed by atoms with Crippen molar-refractivity contribution in [2.45, 2.75) is 30.9 Å². The quantitative estimate of drug-likeness (QED) is 0.448. The lowest BCUT2D eigenvalue weighted by molar-refractivity contribution is -0.300. The highest BCUT2D eigenvalue weighted by atomic mass is 19.4. The van der Waals surface area contributed by atoms with Gasteiger partial charge in [-0.3, -0.25) is 0 Å². The summed E-state index contributed by atoms with van der Waals surface area (Å²) >= 11 is 0. The molecule has 21 heavy (non-hydrogen) atoms. The first-order valence-electron chi connectivity index (χ1n) is 5.24. The third-order valence-corrected chi connectivity index (χ3v) is 2.62. The number of hydrogen-bond acceptors (Lipinski definition) is 6. The van der Waals surface area contributed by atoms with Crippen molar-refractivity contribution >= 4 is 12.1 Å². The standard InChI is InChI=1S/C9H9F6NO5/c1-4(5(17)19-2)20-6(18)21-16-3-7(16,8(10,11)12)9(13,14)15/h4H,3H2,1-2H3. The number of esters is 1. The zero-order valence-corrected chi connectivity index (χ0v) is 10.5. The highest BCUT2D eigenvalue weighted by Gasteiger charge is 2.86. The van der Waals surface area contributed by atoms with Crippen LogP contribution in [0, 0.1) is 0 Å². The van der Waals surface area contributed by atoms with Crippen LogP contribution in [0.25, 0.3) is 0 Å². The minimum Gasteiger partial charge on any atom is -0.466 e. The second-order valence-corrected chi connectivity index (χ2v) is 4.02. The number of ether oxygens (including phenoxy) is 2. The van der Waals surface area contributed by atoms with Gasteiger partial charge in [-0.15, -0.1) is 5.06 Å². The lowest BCUT2D eigenvalue weighted by Crippen LogP contribution is -2.50. The van der Waals surface area contributed by atoms with E-state index in [1.165, 1.54) is 0 Å². The van der Waals surface area contributed by atoms with Gasteiger partial charge in [0, 0.05) is 0 Å². The van der Waals surface area contributed by atoms with Crippen LogP contribution in [0.1, 0.15) is 6.92 Å². The van der Waals surface area contributed by atoms with E-state index >= 15 is 0 Å². The molecule has 12 heteroatoms. The molecule has 1 heterocycles. The Bertz CT molecular complexity index is 419. The molecule has 0 aromatic rings. The third kappa shape index (κ3) is 3.14. The van der Waals surface area contributed by atoms with Gasteiger partial charge in [-0.25, -0.2) is 9.59 Å². The van der Waals surface area contributed by atoms with Gasteiger partial charge in [0.25, 0.3) is 5.54 Å². The third-order valence-electron chi connectivity index (χ3n) is 2.62. The maximum atomic E-state index is 12.5. The van der Waals surface area contributed by atoms with Crippen molar-refractivity contribution < 1.29 is 50.2 Å². The first-order chi connectivity index (χ1) is 9.36. The maximum Gasteiger partial charge on any atom is 0.528 e. The number of hydrogen-bond donors (Lipinski definition) is 0. The van der Waals surface area contributed by atoms with Crippen molar-refractivity contribution in [1.29, 1.82) is 0 Å². The first-order valence-corrected chi connectivity index (χ1v) is 5.24. The highest BCUT2D eigenvalue weighted by Crippen LogP contribution is 2.56. The lowest BCUT2D eigenvalue weighted by Gasteiger charge is -2.22. The summed E-state index contributed by atoms with van der Waals surface area (Å²) in [4.78, 5) is 25.7. The number of carbonyl (C=O) groups excluding carboxylic acids is 2. The fourth-order valence-corrected chi connectivity index (χ4v) is 1.38. The van der Waals surface area contributed by atoms with Gasteiger partial charge in [0.2, 0.25) is 0 Å². The molecule has 0 saturated carbocycles. The number of halogens is 6. The van der Waals surface area contributed by atoms with E-state index in [2.05, 4.69) is 14.3 Å². The van der Waals surface area contributed by atoms with Crippen molar-refractivity contribution in [1.82, 2.24) is 5.06 Å². The number of nitrogens with zero attached hydrogens (tertiary/aromatic N) is 1. The second-order valence-electron chi connectivity index (χ2n) is 4.02. The Morgan fingerprint density at radius 1 is 1.14 bits per heavy atom. The molecule has 0 aromatic heterocycles. The van der Waals surface area contributed by atoms with Gasteiger partial charge in [-0.1, -0.05) is 0 Å². The summed E-state index contributed by atoms with van der Waals surface area (Å²) in [5, 5.41) is -0.612. The smallest absolute Gasteiger partial charge is 0.466 e. The van der Waals surface area contributed by atoms with Crippen LogP contribution in [0.4, 0.5) is 31.1 Å². The van der Waals surface area contributed by atoms with E-state index in [1.807, 2.05) is 0 Å². The second kappa shape index (κ2) is 5.24. The lowest BCUT2D eigenvalue weighted by atomic mass is 10.1. The molecule has 2 unspecified atom stereocenters. The molecule has 1 aliphatic heterocycles. The first kappa shape index (κ1) is 17.3. The van der Waals surface area contributed by atoms with E-state index in [0.717, 1.165) is 14.0 Å². The van der Waals surface area contributed by atoms with Crippen LogP contribution in [0.5, 0.6) is 0 Å². The van der Waals surface area contributed by atoms with E-state index < -0.39 is 47.7 Å². The summed E-state index contributed by atoms with van der Waals surface area (Å²) in [7, 11) is 0.941. The Balaban J connectivity index is 2.70. The van der Waals surface area contributed by atoms with Crippen LogP contribution in [0.2, 0.25) is 0 Å². The predicted molar refractivity (Wildman–Crippen MR) is 50.6 cm³/mol. The molecule has 1 fully saturated rings. The van der Waals surface area contributed by atoms with Crippen molar-refractivity contribution in [2.75, 3.05) is 13.7 Å². The van der Waals surface area contributed by atoms with Crippen molar-refractivity contribution in [2.24, 2.45) is 0 Å². The summed E-state index contributed by atoms with van der Waals surface area (Å²) in [6, 6.07) is 0. The molecule has 2 atom stereocenters. The van der Waals surface area contributed by atoms with Gasteiger partial charge in [0.15, 0.2) is 6.10 Å². The molecule has 6 nitrogen and oxygen atoms in total. The van der Waals surface area contributed by atoms with Gasteiger partial charge in [-0.05, 0) is 6.92 Å². The number of rotatable bonds is 3. The van der Waals surface area contributed by atoms with E-state index in [9.17, 15) is 35.9 Å². The van der Waals surface area contributed by atoms with Crippen LogP contribution in [0.3, 0.4) is 0 Å². The molecule has 1 saturated heterocycles. The average Bonchev–Trinajstić information content (AvgIpc) is 3.01. The summed E-state index contributed by atoms with van der Waals surface area (Å²) in [5.41, 5.74) is -4.26. The monoisotopic (exact) mass is 325 g/mol. The van der Waals surface area contributed by atoms with Gasteiger partial charge in [-0.2, -0.15) is 26.3 Å². The Kier molecular flexibility index (Phi) is 4.32. The van der Waals surface area contributed by atoms with Crippen LogP contribution < -0.4 is 0 Å². The molecular formula is C9H9F6NO5. The Morgan fingerprint density at radius 2 is 1.62 bits per heavy atom. The van der Waals surface area contributed by atoms with Gasteiger partial charge >= 0.3 is 24.5 Å². The van der Waals surface area contributed by atoms with Gasteiger partial charge in [0.1, 0.15) is 0 Å². The molecule has 0 spiro atoms. The minimum atomic E-state index is -5.69. The zero-order valence-electron chi connectivity index (χ0n) is 10.5. The van der Waals surface area contributed by atoms with Crippen LogP contribution in [-0.4, -0.2) is 54.8 Å². The van der Waals surface area contributed by atoms with Crippen LogP contribution >= 0.6 is 0 Å².